The fourth-order valence-corrected chi connectivity index (χ4v) is 4.49. The number of pyridine rings is 1. The SMILES string of the molecule is Cn1cc(-c2cnc(N)c(C(=O)N[C@@H]3CCN(C(=O)Cc4ccc(-c5ccccc5)cc4)C3)c2)cn1. The Labute approximate surface area is 209 Å². The van der Waals surface area contributed by atoms with Crippen molar-refractivity contribution in [2.24, 2.45) is 7.05 Å². The monoisotopic (exact) mass is 480 g/mol. The third kappa shape index (κ3) is 5.12. The summed E-state index contributed by atoms with van der Waals surface area (Å²) in [5, 5.41) is 7.19. The maximum atomic E-state index is 13.0. The minimum Gasteiger partial charge on any atom is -0.383 e. The van der Waals surface area contributed by atoms with Gasteiger partial charge in [0.1, 0.15) is 5.82 Å². The summed E-state index contributed by atoms with van der Waals surface area (Å²) in [4.78, 5) is 31.9. The Morgan fingerprint density at radius 1 is 1.00 bits per heavy atom. The molecule has 2 aromatic heterocycles. The highest BCUT2D eigenvalue weighted by Gasteiger charge is 2.28. The van der Waals surface area contributed by atoms with Gasteiger partial charge in [-0.15, -0.1) is 0 Å². The van der Waals surface area contributed by atoms with Gasteiger partial charge in [-0.2, -0.15) is 5.10 Å². The zero-order chi connectivity index (χ0) is 25.1. The minimum atomic E-state index is -0.290. The number of nitrogens with one attached hydrogen (secondary N) is 1. The van der Waals surface area contributed by atoms with E-state index in [9.17, 15) is 9.59 Å². The predicted molar refractivity (Wildman–Crippen MR) is 139 cm³/mol. The van der Waals surface area contributed by atoms with Gasteiger partial charge >= 0.3 is 0 Å². The maximum absolute atomic E-state index is 13.0. The van der Waals surface area contributed by atoms with Crippen LogP contribution < -0.4 is 11.1 Å². The fourth-order valence-electron chi connectivity index (χ4n) is 4.49. The van der Waals surface area contributed by atoms with E-state index in [4.69, 9.17) is 5.73 Å². The van der Waals surface area contributed by atoms with Crippen molar-refractivity contribution in [3.8, 4) is 22.3 Å². The van der Waals surface area contributed by atoms with Crippen LogP contribution in [0, 0.1) is 0 Å². The van der Waals surface area contributed by atoms with Crippen molar-refractivity contribution in [3.05, 3.63) is 90.4 Å². The van der Waals surface area contributed by atoms with Gasteiger partial charge in [-0.05, 0) is 29.2 Å². The van der Waals surface area contributed by atoms with E-state index in [1.165, 1.54) is 0 Å². The normalized spacial score (nSPS) is 15.1. The molecule has 182 valence electrons. The van der Waals surface area contributed by atoms with Crippen molar-refractivity contribution in [1.82, 2.24) is 25.0 Å². The van der Waals surface area contributed by atoms with Crippen LogP contribution in [0.2, 0.25) is 0 Å². The molecular weight excluding hydrogens is 452 g/mol. The minimum absolute atomic E-state index is 0.0546. The summed E-state index contributed by atoms with van der Waals surface area (Å²) in [6.45, 7) is 1.08. The molecule has 1 saturated heterocycles. The Bertz CT molecular complexity index is 1380. The summed E-state index contributed by atoms with van der Waals surface area (Å²) in [5.41, 5.74) is 11.2. The molecular formula is C28H28N6O2. The smallest absolute Gasteiger partial charge is 0.255 e. The van der Waals surface area contributed by atoms with Crippen molar-refractivity contribution >= 4 is 17.6 Å². The molecule has 1 aliphatic heterocycles. The van der Waals surface area contributed by atoms with E-state index in [1.807, 2.05) is 60.6 Å². The highest BCUT2D eigenvalue weighted by atomic mass is 16.2. The number of aryl methyl sites for hydroxylation is 1. The predicted octanol–water partition coefficient (Wildman–Crippen LogP) is 3.30. The molecule has 36 heavy (non-hydrogen) atoms. The Balaban J connectivity index is 1.18. The molecule has 3 N–H and O–H groups in total. The van der Waals surface area contributed by atoms with E-state index >= 15 is 0 Å². The van der Waals surface area contributed by atoms with Gasteiger partial charge in [0.15, 0.2) is 0 Å². The van der Waals surface area contributed by atoms with Gasteiger partial charge in [0.25, 0.3) is 5.91 Å². The van der Waals surface area contributed by atoms with Crippen LogP contribution in [0.1, 0.15) is 22.3 Å². The molecule has 0 spiro atoms. The largest absolute Gasteiger partial charge is 0.383 e. The van der Waals surface area contributed by atoms with Gasteiger partial charge in [-0.3, -0.25) is 14.3 Å². The molecule has 0 radical (unpaired) electrons. The molecule has 8 heteroatoms. The van der Waals surface area contributed by atoms with E-state index in [-0.39, 0.29) is 23.7 Å². The summed E-state index contributed by atoms with van der Waals surface area (Å²) < 4.78 is 1.69. The first-order chi connectivity index (χ1) is 17.5. The number of benzene rings is 2. The zero-order valence-corrected chi connectivity index (χ0v) is 20.1. The number of likely N-dealkylation sites (tertiary alicyclic amines) is 1. The van der Waals surface area contributed by atoms with Gasteiger partial charge in [0.05, 0.1) is 18.2 Å². The lowest BCUT2D eigenvalue weighted by molar-refractivity contribution is -0.129. The molecule has 0 unspecified atom stereocenters. The van der Waals surface area contributed by atoms with Crippen LogP contribution >= 0.6 is 0 Å². The van der Waals surface area contributed by atoms with Crippen molar-refractivity contribution in [2.75, 3.05) is 18.8 Å². The number of anilines is 1. The standard InChI is InChI=1S/C28H28N6O2/c1-33-17-23(16-31-33)22-14-25(27(29)30-15-22)28(36)32-24-11-12-34(18-24)26(35)13-19-7-9-21(10-8-19)20-5-3-2-4-6-20/h2-10,14-17,24H,11-13,18H2,1H3,(H2,29,30)(H,32,36)/t24-/m1/s1. The molecule has 0 aliphatic carbocycles. The lowest BCUT2D eigenvalue weighted by Gasteiger charge is -2.18. The second kappa shape index (κ2) is 10.0. The Morgan fingerprint density at radius 3 is 2.47 bits per heavy atom. The zero-order valence-electron chi connectivity index (χ0n) is 20.1. The second-order valence-corrected chi connectivity index (χ2v) is 9.10. The highest BCUT2D eigenvalue weighted by Crippen LogP contribution is 2.23. The van der Waals surface area contributed by atoms with E-state index in [1.54, 1.807) is 23.1 Å². The number of carbonyl (C=O) groups excluding carboxylic acids is 2. The molecule has 1 atom stereocenters. The number of nitrogens with zero attached hydrogens (tertiary/aromatic N) is 4. The molecule has 1 fully saturated rings. The number of aromatic nitrogens is 3. The number of hydrogen-bond acceptors (Lipinski definition) is 5. The van der Waals surface area contributed by atoms with Crippen LogP contribution in [0.3, 0.4) is 0 Å². The van der Waals surface area contributed by atoms with E-state index in [0.29, 0.717) is 31.5 Å². The third-order valence-electron chi connectivity index (χ3n) is 6.49. The number of nitrogen functional groups attached to an aromatic ring is 1. The van der Waals surface area contributed by atoms with Gasteiger partial charge in [0.2, 0.25) is 5.91 Å². The average Bonchev–Trinajstić information content (AvgIpc) is 3.54. The molecule has 4 aromatic rings. The van der Waals surface area contributed by atoms with E-state index in [2.05, 4.69) is 27.5 Å². The van der Waals surface area contributed by atoms with Gasteiger partial charge < -0.3 is 16.0 Å². The van der Waals surface area contributed by atoms with Crippen LogP contribution in [0.5, 0.6) is 0 Å². The lowest BCUT2D eigenvalue weighted by Crippen LogP contribution is -2.39. The number of rotatable bonds is 6. The van der Waals surface area contributed by atoms with Crippen molar-refractivity contribution in [1.29, 1.82) is 0 Å². The summed E-state index contributed by atoms with van der Waals surface area (Å²) >= 11 is 0. The maximum Gasteiger partial charge on any atom is 0.255 e. The topological polar surface area (TPSA) is 106 Å². The van der Waals surface area contributed by atoms with Gasteiger partial charge in [-0.25, -0.2) is 4.98 Å². The fraction of sp³-hybridized carbons (Fsp3) is 0.214. The van der Waals surface area contributed by atoms with E-state index < -0.39 is 0 Å². The third-order valence-corrected chi connectivity index (χ3v) is 6.49. The molecule has 3 heterocycles. The van der Waals surface area contributed by atoms with Crippen LogP contribution in [0.25, 0.3) is 22.3 Å². The lowest BCUT2D eigenvalue weighted by atomic mass is 10.0. The molecule has 2 aromatic carbocycles. The van der Waals surface area contributed by atoms with Gasteiger partial charge in [-0.1, -0.05) is 54.6 Å². The van der Waals surface area contributed by atoms with Crippen molar-refractivity contribution < 1.29 is 9.59 Å². The molecule has 8 nitrogen and oxygen atoms in total. The molecule has 5 rings (SSSR count). The summed E-state index contributed by atoms with van der Waals surface area (Å²) in [6, 6.07) is 19.8. The number of carbonyl (C=O) groups is 2. The Hall–Kier alpha value is -4.46. The van der Waals surface area contributed by atoms with E-state index in [0.717, 1.165) is 27.8 Å². The second-order valence-electron chi connectivity index (χ2n) is 9.10. The van der Waals surface area contributed by atoms with Gasteiger partial charge in [0, 0.05) is 49.7 Å². The number of nitrogens with two attached hydrogens (primary N) is 1. The average molecular weight is 481 g/mol. The van der Waals surface area contributed by atoms with Crippen LogP contribution in [-0.4, -0.2) is 50.6 Å². The first kappa shape index (κ1) is 23.3. The van der Waals surface area contributed by atoms with Crippen LogP contribution in [-0.2, 0) is 18.3 Å². The Morgan fingerprint density at radius 2 is 1.75 bits per heavy atom. The molecule has 2 amide bonds. The highest BCUT2D eigenvalue weighted by molar-refractivity contribution is 5.99. The summed E-state index contributed by atoms with van der Waals surface area (Å²) in [7, 11) is 1.83. The summed E-state index contributed by atoms with van der Waals surface area (Å²) in [6.07, 6.45) is 6.22. The van der Waals surface area contributed by atoms with Crippen LogP contribution in [0.15, 0.2) is 79.3 Å². The molecule has 0 saturated carbocycles. The van der Waals surface area contributed by atoms with Crippen LogP contribution in [0.4, 0.5) is 5.82 Å². The first-order valence-electron chi connectivity index (χ1n) is 11.9. The van der Waals surface area contributed by atoms with Crippen molar-refractivity contribution in [2.45, 2.75) is 18.9 Å². The Kier molecular flexibility index (Phi) is 6.49. The molecule has 1 aliphatic rings. The number of amides is 2. The molecule has 0 bridgehead atoms. The quantitative estimate of drug-likeness (QED) is 0.440. The summed E-state index contributed by atoms with van der Waals surface area (Å²) in [5.74, 6) is -0.0643. The number of hydrogen-bond donors (Lipinski definition) is 2. The first-order valence-corrected chi connectivity index (χ1v) is 11.9. The van der Waals surface area contributed by atoms with Crippen molar-refractivity contribution in [3.63, 3.8) is 0 Å².